The summed E-state index contributed by atoms with van der Waals surface area (Å²) in [6.07, 6.45) is 6.19. The zero-order chi connectivity index (χ0) is 6.53. The van der Waals surface area contributed by atoms with Gasteiger partial charge in [-0.1, -0.05) is 25.0 Å². The van der Waals surface area contributed by atoms with E-state index in [1.165, 1.54) is 25.8 Å². The van der Waals surface area contributed by atoms with Crippen molar-refractivity contribution in [3.8, 4) is 0 Å². The van der Waals surface area contributed by atoms with E-state index in [4.69, 9.17) is 0 Å². The largest absolute Gasteiger partial charge is 0.313 e. The molecule has 1 saturated heterocycles. The second-order valence-electron chi connectivity index (χ2n) is 2.58. The molecule has 0 aromatic carbocycles. The number of nitrogens with one attached hydrogen (secondary N) is 1. The van der Waals surface area contributed by atoms with Crippen LogP contribution in [-0.4, -0.2) is 13.1 Å². The molecule has 1 aliphatic rings. The highest BCUT2D eigenvalue weighted by Crippen LogP contribution is 2.06. The van der Waals surface area contributed by atoms with Crippen molar-refractivity contribution in [1.29, 1.82) is 0 Å². The topological polar surface area (TPSA) is 12.0 Å². The van der Waals surface area contributed by atoms with Crippen LogP contribution in [0.5, 0.6) is 0 Å². The Balaban J connectivity index is 0.000000810. The first-order valence-corrected chi connectivity index (χ1v) is 3.82. The van der Waals surface area contributed by atoms with E-state index in [1.807, 2.05) is 0 Å². The van der Waals surface area contributed by atoms with Gasteiger partial charge in [-0.15, -0.1) is 12.4 Å². The van der Waals surface area contributed by atoms with Crippen LogP contribution in [0.25, 0.3) is 0 Å². The molecule has 0 bridgehead atoms. The number of unbranched alkanes of at least 4 members (excludes halogenated alkanes) is 1. The van der Waals surface area contributed by atoms with Crippen LogP contribution in [0.2, 0.25) is 0 Å². The summed E-state index contributed by atoms with van der Waals surface area (Å²) < 4.78 is 0. The smallest absolute Gasteiger partial charge is 0.0165 e. The summed E-state index contributed by atoms with van der Waals surface area (Å²) in [6, 6.07) is 0. The Morgan fingerprint density at radius 1 is 1.60 bits per heavy atom. The molecule has 1 rings (SSSR count). The molecular weight excluding hydrogens is 146 g/mol. The van der Waals surface area contributed by atoms with E-state index in [1.54, 1.807) is 5.57 Å². The molecule has 2 heteroatoms. The average Bonchev–Trinajstić information content (AvgIpc) is 2.34. The Hall–Kier alpha value is -0.0100. The SMILES string of the molecule is CCC/C=C1\CCNC1.Cl. The van der Waals surface area contributed by atoms with Crippen molar-refractivity contribution in [3.63, 3.8) is 0 Å². The molecule has 0 amide bonds. The van der Waals surface area contributed by atoms with E-state index < -0.39 is 0 Å². The normalized spacial score (nSPS) is 21.1. The van der Waals surface area contributed by atoms with Crippen LogP contribution in [0.1, 0.15) is 26.2 Å². The fraction of sp³-hybridized carbons (Fsp3) is 0.750. The minimum absolute atomic E-state index is 0. The molecule has 10 heavy (non-hydrogen) atoms. The van der Waals surface area contributed by atoms with Crippen molar-refractivity contribution in [1.82, 2.24) is 5.32 Å². The lowest BCUT2D eigenvalue weighted by Gasteiger charge is -1.91. The van der Waals surface area contributed by atoms with E-state index >= 15 is 0 Å². The second kappa shape index (κ2) is 5.75. The van der Waals surface area contributed by atoms with Gasteiger partial charge >= 0.3 is 0 Å². The van der Waals surface area contributed by atoms with E-state index in [0.717, 1.165) is 6.54 Å². The third-order valence-corrected chi connectivity index (χ3v) is 1.70. The summed E-state index contributed by atoms with van der Waals surface area (Å²) in [7, 11) is 0. The van der Waals surface area contributed by atoms with Crippen molar-refractivity contribution in [2.75, 3.05) is 13.1 Å². The predicted molar refractivity (Wildman–Crippen MR) is 47.7 cm³/mol. The van der Waals surface area contributed by atoms with Crippen LogP contribution < -0.4 is 5.32 Å². The van der Waals surface area contributed by atoms with Gasteiger partial charge in [0.1, 0.15) is 0 Å². The molecule has 1 nitrogen and oxygen atoms in total. The number of hydrogen-bond acceptors (Lipinski definition) is 1. The molecule has 60 valence electrons. The van der Waals surface area contributed by atoms with Crippen LogP contribution in [0.4, 0.5) is 0 Å². The number of rotatable bonds is 2. The zero-order valence-corrected chi connectivity index (χ0v) is 7.34. The van der Waals surface area contributed by atoms with E-state index in [9.17, 15) is 0 Å². The molecule has 0 aliphatic carbocycles. The molecule has 0 radical (unpaired) electrons. The van der Waals surface area contributed by atoms with Crippen LogP contribution in [0.3, 0.4) is 0 Å². The van der Waals surface area contributed by atoms with E-state index in [2.05, 4.69) is 18.3 Å². The quantitative estimate of drug-likeness (QED) is 0.612. The second-order valence-corrected chi connectivity index (χ2v) is 2.58. The first-order valence-electron chi connectivity index (χ1n) is 3.82. The molecule has 0 atom stereocenters. The molecule has 1 aliphatic heterocycles. The van der Waals surface area contributed by atoms with E-state index in [-0.39, 0.29) is 12.4 Å². The molecule has 0 spiro atoms. The molecule has 0 aromatic heterocycles. The van der Waals surface area contributed by atoms with Crippen molar-refractivity contribution in [2.24, 2.45) is 0 Å². The van der Waals surface area contributed by atoms with Crippen molar-refractivity contribution in [2.45, 2.75) is 26.2 Å². The summed E-state index contributed by atoms with van der Waals surface area (Å²) in [5, 5.41) is 3.31. The Bertz CT molecular complexity index is 102. The maximum atomic E-state index is 3.31. The van der Waals surface area contributed by atoms with Gasteiger partial charge in [-0.3, -0.25) is 0 Å². The van der Waals surface area contributed by atoms with Crippen molar-refractivity contribution in [3.05, 3.63) is 11.6 Å². The van der Waals surface area contributed by atoms with Gasteiger partial charge in [0.15, 0.2) is 0 Å². The minimum Gasteiger partial charge on any atom is -0.313 e. The fourth-order valence-electron chi connectivity index (χ4n) is 1.11. The third-order valence-electron chi connectivity index (χ3n) is 1.70. The van der Waals surface area contributed by atoms with Crippen LogP contribution in [0.15, 0.2) is 11.6 Å². The monoisotopic (exact) mass is 161 g/mol. The van der Waals surface area contributed by atoms with Gasteiger partial charge < -0.3 is 5.32 Å². The van der Waals surface area contributed by atoms with Gasteiger partial charge in [0.2, 0.25) is 0 Å². The lowest BCUT2D eigenvalue weighted by atomic mass is 10.2. The van der Waals surface area contributed by atoms with Gasteiger partial charge in [0.25, 0.3) is 0 Å². The average molecular weight is 162 g/mol. The fourth-order valence-corrected chi connectivity index (χ4v) is 1.11. The third kappa shape index (κ3) is 3.23. The standard InChI is InChI=1S/C8H15N.ClH/c1-2-3-4-8-5-6-9-7-8;/h4,9H,2-3,5-7H2,1H3;1H/b8-4+;. The van der Waals surface area contributed by atoms with E-state index in [0.29, 0.717) is 0 Å². The highest BCUT2D eigenvalue weighted by Gasteiger charge is 2.02. The van der Waals surface area contributed by atoms with Gasteiger partial charge in [0.05, 0.1) is 0 Å². The van der Waals surface area contributed by atoms with Gasteiger partial charge in [-0.2, -0.15) is 0 Å². The highest BCUT2D eigenvalue weighted by atomic mass is 35.5. The number of halogens is 1. The first-order chi connectivity index (χ1) is 4.43. The van der Waals surface area contributed by atoms with Crippen LogP contribution in [-0.2, 0) is 0 Å². The van der Waals surface area contributed by atoms with Crippen molar-refractivity contribution >= 4 is 12.4 Å². The maximum absolute atomic E-state index is 3.31. The molecule has 0 unspecified atom stereocenters. The minimum atomic E-state index is 0. The zero-order valence-electron chi connectivity index (χ0n) is 6.52. The van der Waals surface area contributed by atoms with Gasteiger partial charge in [-0.05, 0) is 19.4 Å². The highest BCUT2D eigenvalue weighted by molar-refractivity contribution is 5.85. The molecule has 1 N–H and O–H groups in total. The molecule has 1 fully saturated rings. The molecule has 0 aromatic rings. The Labute approximate surface area is 69.3 Å². The van der Waals surface area contributed by atoms with Gasteiger partial charge in [0, 0.05) is 6.54 Å². The summed E-state index contributed by atoms with van der Waals surface area (Å²) in [4.78, 5) is 0. The lowest BCUT2D eigenvalue weighted by Crippen LogP contribution is -2.04. The van der Waals surface area contributed by atoms with Crippen LogP contribution >= 0.6 is 12.4 Å². The lowest BCUT2D eigenvalue weighted by molar-refractivity contribution is 0.862. The Morgan fingerprint density at radius 2 is 2.40 bits per heavy atom. The Kier molecular flexibility index (Phi) is 5.74. The maximum Gasteiger partial charge on any atom is 0.0165 e. The number of hydrogen-bond donors (Lipinski definition) is 1. The molecular formula is C8H16ClN. The summed E-state index contributed by atoms with van der Waals surface area (Å²) >= 11 is 0. The summed E-state index contributed by atoms with van der Waals surface area (Å²) in [6.45, 7) is 4.55. The molecule has 1 heterocycles. The van der Waals surface area contributed by atoms with Crippen LogP contribution in [0, 0.1) is 0 Å². The van der Waals surface area contributed by atoms with Crippen molar-refractivity contribution < 1.29 is 0 Å². The van der Waals surface area contributed by atoms with Gasteiger partial charge in [-0.25, -0.2) is 0 Å². The summed E-state index contributed by atoms with van der Waals surface area (Å²) in [5.41, 5.74) is 1.61. The molecule has 0 saturated carbocycles. The first kappa shape index (κ1) is 9.99. The predicted octanol–water partition coefficient (Wildman–Crippen LogP) is 2.13. The summed E-state index contributed by atoms with van der Waals surface area (Å²) in [5.74, 6) is 0. The number of allylic oxidation sites excluding steroid dienone is 1. The Morgan fingerprint density at radius 3 is 2.90 bits per heavy atom.